The van der Waals surface area contributed by atoms with Gasteiger partial charge in [0, 0.05) is 10.4 Å². The summed E-state index contributed by atoms with van der Waals surface area (Å²) in [5.41, 5.74) is 5.53. The van der Waals surface area contributed by atoms with Gasteiger partial charge in [0.25, 0.3) is 11.5 Å². The molecule has 1 N–H and O–H groups in total. The molecular formula is C21H16N6O2S. The maximum absolute atomic E-state index is 13.2. The van der Waals surface area contributed by atoms with Crippen molar-refractivity contribution in [2.75, 3.05) is 5.43 Å². The molecule has 0 atom stereocenters. The van der Waals surface area contributed by atoms with E-state index in [0.717, 1.165) is 26.2 Å². The smallest absolute Gasteiger partial charge is 0.271 e. The van der Waals surface area contributed by atoms with Crippen LogP contribution in [0.15, 0.2) is 65.7 Å². The van der Waals surface area contributed by atoms with Crippen molar-refractivity contribution in [1.82, 2.24) is 24.7 Å². The van der Waals surface area contributed by atoms with Gasteiger partial charge in [0.05, 0.1) is 10.9 Å². The lowest BCUT2D eigenvalue weighted by Gasteiger charge is -2.08. The lowest BCUT2D eigenvalue weighted by atomic mass is 10.0. The van der Waals surface area contributed by atoms with E-state index in [1.165, 1.54) is 22.3 Å². The molecule has 0 spiro atoms. The first kappa shape index (κ1) is 18.2. The average molecular weight is 416 g/mol. The fourth-order valence-electron chi connectivity index (χ4n) is 3.47. The zero-order valence-corrected chi connectivity index (χ0v) is 16.8. The summed E-state index contributed by atoms with van der Waals surface area (Å²) < 4.78 is 2.62. The molecule has 0 aliphatic rings. The predicted molar refractivity (Wildman–Crippen MR) is 116 cm³/mol. The number of fused-ring (bicyclic) bond motifs is 2. The van der Waals surface area contributed by atoms with Crippen molar-refractivity contribution in [3.63, 3.8) is 0 Å². The Bertz CT molecular complexity index is 1450. The van der Waals surface area contributed by atoms with Crippen LogP contribution in [-0.2, 0) is 11.3 Å². The van der Waals surface area contributed by atoms with Gasteiger partial charge >= 0.3 is 0 Å². The third-order valence-corrected chi connectivity index (χ3v) is 5.82. The van der Waals surface area contributed by atoms with Gasteiger partial charge in [0.1, 0.15) is 23.2 Å². The Morgan fingerprint density at radius 2 is 1.87 bits per heavy atom. The molecule has 5 rings (SSSR count). The third kappa shape index (κ3) is 3.05. The zero-order valence-electron chi connectivity index (χ0n) is 15.9. The average Bonchev–Trinajstić information content (AvgIpc) is 3.32. The molecule has 3 aromatic heterocycles. The van der Waals surface area contributed by atoms with Crippen molar-refractivity contribution in [2.45, 2.75) is 13.5 Å². The lowest BCUT2D eigenvalue weighted by molar-refractivity contribution is -0.117. The second-order valence-corrected chi connectivity index (χ2v) is 7.97. The summed E-state index contributed by atoms with van der Waals surface area (Å²) in [4.78, 5) is 31.8. The van der Waals surface area contributed by atoms with Crippen LogP contribution in [-0.4, -0.2) is 30.6 Å². The molecule has 9 heteroatoms. The summed E-state index contributed by atoms with van der Waals surface area (Å²) in [5.74, 6) is -0.401. The van der Waals surface area contributed by atoms with Gasteiger partial charge in [-0.2, -0.15) is 0 Å². The number of nitrogens with one attached hydrogen (secondary N) is 1. The summed E-state index contributed by atoms with van der Waals surface area (Å²) in [7, 11) is 0. The van der Waals surface area contributed by atoms with Gasteiger partial charge in [0.2, 0.25) is 0 Å². The second kappa shape index (κ2) is 7.20. The van der Waals surface area contributed by atoms with Crippen LogP contribution in [0.3, 0.4) is 0 Å². The van der Waals surface area contributed by atoms with E-state index in [4.69, 9.17) is 0 Å². The van der Waals surface area contributed by atoms with Gasteiger partial charge in [-0.3, -0.25) is 15.0 Å². The minimum atomic E-state index is -0.401. The van der Waals surface area contributed by atoms with Crippen LogP contribution in [0.4, 0.5) is 0 Å². The molecule has 5 aromatic rings. The second-order valence-electron chi connectivity index (χ2n) is 6.77. The van der Waals surface area contributed by atoms with Gasteiger partial charge in [0.15, 0.2) is 0 Å². The molecule has 0 unspecified atom stereocenters. The predicted octanol–water partition coefficient (Wildman–Crippen LogP) is 2.95. The Labute approximate surface area is 174 Å². The van der Waals surface area contributed by atoms with E-state index in [9.17, 15) is 9.59 Å². The Morgan fingerprint density at radius 3 is 2.70 bits per heavy atom. The van der Waals surface area contributed by atoms with Crippen LogP contribution in [0, 0.1) is 6.92 Å². The van der Waals surface area contributed by atoms with E-state index >= 15 is 0 Å². The van der Waals surface area contributed by atoms with Crippen molar-refractivity contribution in [3.8, 4) is 11.1 Å². The Hall–Kier alpha value is -3.85. The number of para-hydroxylation sites is 1. The van der Waals surface area contributed by atoms with Gasteiger partial charge in [-0.05, 0) is 24.6 Å². The van der Waals surface area contributed by atoms with Gasteiger partial charge in [-0.1, -0.05) is 47.7 Å². The van der Waals surface area contributed by atoms with E-state index < -0.39 is 5.91 Å². The normalized spacial score (nSPS) is 11.2. The maximum atomic E-state index is 13.2. The highest BCUT2D eigenvalue weighted by Crippen LogP contribution is 2.35. The number of benzene rings is 2. The number of carbonyl (C=O) groups excluding carboxylic acids is 1. The lowest BCUT2D eigenvalue weighted by Crippen LogP contribution is -2.35. The minimum absolute atomic E-state index is 0.0702. The molecule has 0 aliphatic carbocycles. The molecule has 8 nitrogen and oxygen atoms in total. The maximum Gasteiger partial charge on any atom is 0.281 e. The zero-order chi connectivity index (χ0) is 20.7. The first-order valence-corrected chi connectivity index (χ1v) is 10.1. The molecule has 0 fully saturated rings. The number of nitrogens with zero attached hydrogens (tertiary/aromatic N) is 5. The molecule has 148 valence electrons. The summed E-state index contributed by atoms with van der Waals surface area (Å²) in [5, 5.41) is 8.55. The number of amides is 1. The SMILES string of the molecule is Cc1sc2ncn(NC(=O)Cn3nnc4ccccc43)c(=O)c2c1-c1ccccc1. The molecule has 0 bridgehead atoms. The van der Waals surface area contributed by atoms with Crippen LogP contribution in [0.1, 0.15) is 4.88 Å². The van der Waals surface area contributed by atoms with Crippen molar-refractivity contribution in [2.24, 2.45) is 0 Å². The van der Waals surface area contributed by atoms with E-state index in [1.54, 1.807) is 0 Å². The Kier molecular flexibility index (Phi) is 4.36. The van der Waals surface area contributed by atoms with Crippen LogP contribution in [0.5, 0.6) is 0 Å². The van der Waals surface area contributed by atoms with E-state index in [0.29, 0.717) is 15.7 Å². The van der Waals surface area contributed by atoms with Gasteiger partial charge in [-0.25, -0.2) is 14.3 Å². The fraction of sp³-hybridized carbons (Fsp3) is 0.0952. The van der Waals surface area contributed by atoms with E-state index in [-0.39, 0.29) is 12.1 Å². The topological polar surface area (TPSA) is 94.7 Å². The van der Waals surface area contributed by atoms with Crippen LogP contribution < -0.4 is 11.0 Å². The van der Waals surface area contributed by atoms with Crippen LogP contribution >= 0.6 is 11.3 Å². The number of thiophene rings is 1. The highest BCUT2D eigenvalue weighted by molar-refractivity contribution is 7.19. The number of rotatable bonds is 4. The molecule has 2 aromatic carbocycles. The number of aromatic nitrogens is 5. The molecule has 0 saturated carbocycles. The van der Waals surface area contributed by atoms with Crippen LogP contribution in [0.25, 0.3) is 32.4 Å². The fourth-order valence-corrected chi connectivity index (χ4v) is 4.48. The Morgan fingerprint density at radius 1 is 1.10 bits per heavy atom. The first-order valence-electron chi connectivity index (χ1n) is 9.26. The Balaban J connectivity index is 1.50. The molecule has 3 heterocycles. The molecule has 1 amide bonds. The summed E-state index contributed by atoms with van der Waals surface area (Å²) in [6.07, 6.45) is 1.34. The number of carbonyl (C=O) groups is 1. The van der Waals surface area contributed by atoms with Crippen molar-refractivity contribution >= 4 is 38.5 Å². The number of hydrogen-bond donors (Lipinski definition) is 1. The summed E-state index contributed by atoms with van der Waals surface area (Å²) >= 11 is 1.46. The molecule has 0 aliphatic heterocycles. The first-order chi connectivity index (χ1) is 14.6. The van der Waals surface area contributed by atoms with Gasteiger partial charge in [-0.15, -0.1) is 16.4 Å². The minimum Gasteiger partial charge on any atom is -0.271 e. The van der Waals surface area contributed by atoms with Crippen molar-refractivity contribution in [1.29, 1.82) is 0 Å². The molecule has 0 saturated heterocycles. The highest BCUT2D eigenvalue weighted by atomic mass is 32.1. The molecular weight excluding hydrogens is 400 g/mol. The monoisotopic (exact) mass is 416 g/mol. The third-order valence-electron chi connectivity index (χ3n) is 4.81. The highest BCUT2D eigenvalue weighted by Gasteiger charge is 2.18. The largest absolute Gasteiger partial charge is 0.281 e. The molecule has 0 radical (unpaired) electrons. The van der Waals surface area contributed by atoms with Crippen molar-refractivity contribution < 1.29 is 4.79 Å². The van der Waals surface area contributed by atoms with Gasteiger partial charge < -0.3 is 0 Å². The summed E-state index contributed by atoms with van der Waals surface area (Å²) in [6, 6.07) is 17.1. The van der Waals surface area contributed by atoms with Crippen LogP contribution in [0.2, 0.25) is 0 Å². The standard InChI is InChI=1S/C21H16N6O2S/c1-13-18(14-7-3-2-4-8-14)19-20(30-13)22-12-27(21(19)29)24-17(28)11-26-16-10-6-5-9-15(16)23-25-26/h2-10,12H,11H2,1H3,(H,24,28). The number of aryl methyl sites for hydroxylation is 1. The summed E-state index contributed by atoms with van der Waals surface area (Å²) in [6.45, 7) is 1.89. The molecule has 30 heavy (non-hydrogen) atoms. The van der Waals surface area contributed by atoms with E-state index in [1.807, 2.05) is 61.5 Å². The number of hydrogen-bond acceptors (Lipinski definition) is 6. The van der Waals surface area contributed by atoms with Crippen molar-refractivity contribution in [3.05, 3.63) is 76.2 Å². The quantitative estimate of drug-likeness (QED) is 0.486. The van der Waals surface area contributed by atoms with E-state index in [2.05, 4.69) is 20.7 Å².